The van der Waals surface area contributed by atoms with Gasteiger partial charge in [0.15, 0.2) is 0 Å². The number of fused-ring (bicyclic) bond motifs is 1. The van der Waals surface area contributed by atoms with Gasteiger partial charge in [-0.05, 0) is 67.5 Å². The number of hydrogen-bond donors (Lipinski definition) is 1. The van der Waals surface area contributed by atoms with Gasteiger partial charge in [-0.1, -0.05) is 24.3 Å². The third kappa shape index (κ3) is 4.24. The predicted octanol–water partition coefficient (Wildman–Crippen LogP) is 2.88. The van der Waals surface area contributed by atoms with Crippen LogP contribution in [0.5, 0.6) is 0 Å². The number of benzene rings is 2. The molecule has 2 aromatic rings. The van der Waals surface area contributed by atoms with Gasteiger partial charge in [-0.15, -0.1) is 0 Å². The minimum absolute atomic E-state index is 0.0951. The van der Waals surface area contributed by atoms with Crippen LogP contribution in [0.15, 0.2) is 42.5 Å². The lowest BCUT2D eigenvalue weighted by atomic mass is 10.00. The maximum absolute atomic E-state index is 13.3. The molecule has 30 heavy (non-hydrogen) atoms. The first kappa shape index (κ1) is 20.5. The number of hydrogen-bond acceptors (Lipinski definition) is 3. The average molecular weight is 408 g/mol. The van der Waals surface area contributed by atoms with Crippen molar-refractivity contribution in [3.63, 3.8) is 0 Å². The molecule has 157 valence electrons. The standard InChI is InChI=1S/C24H27FN3O2/c1-16-5-2-9-21(23(26)29)22(16)24(30)28-14-18-12-27(13-19(18)15-28)10-4-7-17-6-3-8-20(25)11-17/h2-3,5-9,11,18-19H,4,10,12-15H2,1H3,(H2,26,29)/t18-,19?/m0/s1. The monoisotopic (exact) mass is 408 g/mol. The second-order valence-electron chi connectivity index (χ2n) is 8.40. The SMILES string of the molecule is Cc1cccc(C(N)=O)c1C(=O)N1CC2CN(CC[CH]c3cccc(F)c3)C[C@H]2C1. The van der Waals surface area contributed by atoms with Gasteiger partial charge < -0.3 is 15.5 Å². The summed E-state index contributed by atoms with van der Waals surface area (Å²) in [7, 11) is 0. The molecule has 2 fully saturated rings. The van der Waals surface area contributed by atoms with Gasteiger partial charge in [0.2, 0.25) is 5.91 Å². The lowest BCUT2D eigenvalue weighted by Gasteiger charge is -2.23. The van der Waals surface area contributed by atoms with Crippen molar-refractivity contribution >= 4 is 11.8 Å². The van der Waals surface area contributed by atoms with Crippen LogP contribution in [0, 0.1) is 31.0 Å². The molecule has 0 bridgehead atoms. The highest BCUT2D eigenvalue weighted by molar-refractivity contribution is 6.07. The minimum atomic E-state index is -0.567. The lowest BCUT2D eigenvalue weighted by Crippen LogP contribution is -2.35. The molecule has 5 nitrogen and oxygen atoms in total. The average Bonchev–Trinajstić information content (AvgIpc) is 3.26. The molecule has 2 aliphatic rings. The zero-order valence-electron chi connectivity index (χ0n) is 17.2. The molecule has 0 aliphatic carbocycles. The Bertz CT molecular complexity index is 947. The molecule has 2 atom stereocenters. The van der Waals surface area contributed by atoms with Crippen LogP contribution in [0.1, 0.15) is 38.3 Å². The number of likely N-dealkylation sites (tertiary alicyclic amines) is 2. The molecule has 2 N–H and O–H groups in total. The van der Waals surface area contributed by atoms with E-state index in [-0.39, 0.29) is 11.7 Å². The van der Waals surface area contributed by atoms with Crippen LogP contribution in [-0.2, 0) is 0 Å². The zero-order valence-corrected chi connectivity index (χ0v) is 17.2. The molecule has 2 saturated heterocycles. The molecule has 2 amide bonds. The number of amides is 2. The van der Waals surface area contributed by atoms with Gasteiger partial charge >= 0.3 is 0 Å². The first-order chi connectivity index (χ1) is 14.4. The number of primary amides is 1. The van der Waals surface area contributed by atoms with Gasteiger partial charge in [0.25, 0.3) is 5.91 Å². The van der Waals surface area contributed by atoms with E-state index in [1.165, 1.54) is 6.07 Å². The Morgan fingerprint density at radius 1 is 1.10 bits per heavy atom. The zero-order chi connectivity index (χ0) is 21.3. The summed E-state index contributed by atoms with van der Waals surface area (Å²) < 4.78 is 13.3. The highest BCUT2D eigenvalue weighted by atomic mass is 19.1. The normalized spacial score (nSPS) is 21.1. The molecular weight excluding hydrogens is 381 g/mol. The fourth-order valence-corrected chi connectivity index (χ4v) is 4.80. The number of nitrogens with two attached hydrogens (primary N) is 1. The van der Waals surface area contributed by atoms with Crippen LogP contribution < -0.4 is 5.73 Å². The van der Waals surface area contributed by atoms with Crippen molar-refractivity contribution in [1.29, 1.82) is 0 Å². The Balaban J connectivity index is 1.32. The van der Waals surface area contributed by atoms with Gasteiger partial charge in [0.1, 0.15) is 5.82 Å². The van der Waals surface area contributed by atoms with Crippen molar-refractivity contribution in [2.45, 2.75) is 13.3 Å². The van der Waals surface area contributed by atoms with Crippen LogP contribution >= 0.6 is 0 Å². The van der Waals surface area contributed by atoms with E-state index in [4.69, 9.17) is 5.73 Å². The van der Waals surface area contributed by atoms with E-state index in [1.807, 2.05) is 24.0 Å². The van der Waals surface area contributed by atoms with E-state index >= 15 is 0 Å². The maximum Gasteiger partial charge on any atom is 0.254 e. The van der Waals surface area contributed by atoms with Gasteiger partial charge in [-0.2, -0.15) is 0 Å². The Morgan fingerprint density at radius 2 is 1.80 bits per heavy atom. The molecule has 0 saturated carbocycles. The summed E-state index contributed by atoms with van der Waals surface area (Å²) in [4.78, 5) is 29.2. The minimum Gasteiger partial charge on any atom is -0.366 e. The highest BCUT2D eigenvalue weighted by Gasteiger charge is 2.42. The van der Waals surface area contributed by atoms with Crippen LogP contribution in [-0.4, -0.2) is 54.3 Å². The smallest absolute Gasteiger partial charge is 0.254 e. The molecule has 1 unspecified atom stereocenters. The fourth-order valence-electron chi connectivity index (χ4n) is 4.80. The molecule has 2 aromatic carbocycles. The molecule has 2 aliphatic heterocycles. The first-order valence-electron chi connectivity index (χ1n) is 10.4. The third-order valence-corrected chi connectivity index (χ3v) is 6.28. The second kappa shape index (κ2) is 8.56. The summed E-state index contributed by atoms with van der Waals surface area (Å²) >= 11 is 0. The molecule has 4 rings (SSSR count). The van der Waals surface area contributed by atoms with Gasteiger partial charge in [0, 0.05) is 26.2 Å². The molecule has 6 heteroatoms. The van der Waals surface area contributed by atoms with Gasteiger partial charge in [-0.25, -0.2) is 4.39 Å². The Morgan fingerprint density at radius 3 is 2.47 bits per heavy atom. The van der Waals surface area contributed by atoms with E-state index < -0.39 is 5.91 Å². The largest absolute Gasteiger partial charge is 0.366 e. The topological polar surface area (TPSA) is 66.6 Å². The summed E-state index contributed by atoms with van der Waals surface area (Å²) in [6.07, 6.45) is 2.94. The van der Waals surface area contributed by atoms with Crippen molar-refractivity contribution < 1.29 is 14.0 Å². The Kier molecular flexibility index (Phi) is 5.86. The molecular formula is C24H27FN3O2. The fraction of sp³-hybridized carbons (Fsp3) is 0.375. The lowest BCUT2D eigenvalue weighted by molar-refractivity contribution is 0.0768. The van der Waals surface area contributed by atoms with E-state index in [0.29, 0.717) is 36.1 Å². The van der Waals surface area contributed by atoms with Crippen molar-refractivity contribution in [3.8, 4) is 0 Å². The van der Waals surface area contributed by atoms with E-state index in [2.05, 4.69) is 11.3 Å². The number of nitrogens with zero attached hydrogens (tertiary/aromatic N) is 2. The van der Waals surface area contributed by atoms with Gasteiger partial charge in [0.05, 0.1) is 11.1 Å². The maximum atomic E-state index is 13.3. The van der Waals surface area contributed by atoms with Crippen LogP contribution in [0.25, 0.3) is 0 Å². The number of carbonyl (C=O) groups excluding carboxylic acids is 2. The van der Waals surface area contributed by atoms with E-state index in [1.54, 1.807) is 24.3 Å². The van der Waals surface area contributed by atoms with Crippen LogP contribution in [0.3, 0.4) is 0 Å². The van der Waals surface area contributed by atoms with Crippen molar-refractivity contribution in [1.82, 2.24) is 9.80 Å². The highest BCUT2D eigenvalue weighted by Crippen LogP contribution is 2.32. The Hall–Kier alpha value is -2.73. The Labute approximate surface area is 176 Å². The van der Waals surface area contributed by atoms with Crippen LogP contribution in [0.4, 0.5) is 4.39 Å². The summed E-state index contributed by atoms with van der Waals surface area (Å²) in [5.41, 5.74) is 7.91. The van der Waals surface area contributed by atoms with Crippen molar-refractivity contribution in [2.75, 3.05) is 32.7 Å². The summed E-state index contributed by atoms with van der Waals surface area (Å²) in [6.45, 7) is 6.11. The second-order valence-corrected chi connectivity index (χ2v) is 8.40. The number of halogens is 1. The molecule has 2 heterocycles. The molecule has 0 spiro atoms. The first-order valence-corrected chi connectivity index (χ1v) is 10.4. The number of carbonyl (C=O) groups is 2. The number of aryl methyl sites for hydroxylation is 1. The van der Waals surface area contributed by atoms with Gasteiger partial charge in [-0.3, -0.25) is 9.59 Å². The van der Waals surface area contributed by atoms with Crippen molar-refractivity contribution in [3.05, 3.63) is 77.0 Å². The van der Waals surface area contributed by atoms with Crippen LogP contribution in [0.2, 0.25) is 0 Å². The summed E-state index contributed by atoms with van der Waals surface area (Å²) in [5.74, 6) is 0.0233. The summed E-state index contributed by atoms with van der Waals surface area (Å²) in [6, 6.07) is 11.9. The molecule has 1 radical (unpaired) electrons. The van der Waals surface area contributed by atoms with Crippen molar-refractivity contribution in [2.24, 2.45) is 17.6 Å². The third-order valence-electron chi connectivity index (χ3n) is 6.28. The van der Waals surface area contributed by atoms with E-state index in [0.717, 1.165) is 37.2 Å². The number of rotatable bonds is 6. The molecule has 0 aromatic heterocycles. The predicted molar refractivity (Wildman–Crippen MR) is 113 cm³/mol. The quantitative estimate of drug-likeness (QED) is 0.799. The summed E-state index contributed by atoms with van der Waals surface area (Å²) in [5, 5.41) is 0. The van der Waals surface area contributed by atoms with E-state index in [9.17, 15) is 14.0 Å².